The van der Waals surface area contributed by atoms with Crippen LogP contribution in [0.25, 0.3) is 0 Å². The van der Waals surface area contributed by atoms with Crippen molar-refractivity contribution in [3.8, 4) is 0 Å². The summed E-state index contributed by atoms with van der Waals surface area (Å²) in [4.78, 5) is 0. The summed E-state index contributed by atoms with van der Waals surface area (Å²) in [5.74, 6) is 5.77. The number of sulfone groups is 1. The van der Waals surface area contributed by atoms with Crippen molar-refractivity contribution in [2.45, 2.75) is 30.6 Å². The van der Waals surface area contributed by atoms with Gasteiger partial charge in [-0.2, -0.15) is 0 Å². The average Bonchev–Trinajstić information content (AvgIpc) is 2.63. The summed E-state index contributed by atoms with van der Waals surface area (Å²) in [7, 11) is -1.41. The predicted molar refractivity (Wildman–Crippen MR) is 70.2 cm³/mol. The van der Waals surface area contributed by atoms with Crippen LogP contribution < -0.4 is 11.3 Å². The largest absolute Gasteiger partial charge is 0.271 e. The molecular formula is C9H16BrN5O2S. The summed E-state index contributed by atoms with van der Waals surface area (Å²) in [5, 5.41) is 7.20. The minimum atomic E-state index is -3.13. The highest BCUT2D eigenvalue weighted by atomic mass is 79.9. The number of rotatable bonds is 3. The van der Waals surface area contributed by atoms with Crippen LogP contribution in [0.3, 0.4) is 0 Å². The summed E-state index contributed by atoms with van der Waals surface area (Å²) in [6, 6.07) is -0.496. The van der Waals surface area contributed by atoms with E-state index in [0.717, 1.165) is 12.8 Å². The van der Waals surface area contributed by atoms with Crippen LogP contribution in [0.4, 0.5) is 0 Å². The molecule has 1 fully saturated rings. The molecule has 9 heteroatoms. The summed E-state index contributed by atoms with van der Waals surface area (Å²) in [6.45, 7) is 0. The van der Waals surface area contributed by atoms with Crippen LogP contribution >= 0.6 is 15.9 Å². The Balaban J connectivity index is 2.40. The number of nitrogens with one attached hydrogen (secondary N) is 1. The van der Waals surface area contributed by atoms with Gasteiger partial charge in [-0.3, -0.25) is 5.84 Å². The first-order valence-electron chi connectivity index (χ1n) is 5.70. The Morgan fingerprint density at radius 3 is 2.78 bits per heavy atom. The molecule has 0 amide bonds. The van der Waals surface area contributed by atoms with Crippen molar-refractivity contribution < 1.29 is 8.42 Å². The molecule has 0 spiro atoms. The third-order valence-electron chi connectivity index (χ3n) is 3.30. The van der Waals surface area contributed by atoms with E-state index < -0.39 is 21.1 Å². The van der Waals surface area contributed by atoms with Gasteiger partial charge in [-0.15, -0.1) is 5.10 Å². The van der Waals surface area contributed by atoms with Gasteiger partial charge < -0.3 is 0 Å². The molecule has 102 valence electrons. The van der Waals surface area contributed by atoms with Crippen molar-refractivity contribution >= 4 is 25.8 Å². The van der Waals surface area contributed by atoms with Crippen molar-refractivity contribution in [3.63, 3.8) is 0 Å². The Kier molecular flexibility index (Phi) is 4.05. The third kappa shape index (κ3) is 2.44. The molecule has 2 heterocycles. The Hall–Kier alpha value is -0.510. The molecule has 0 aromatic carbocycles. The molecule has 2 rings (SSSR count). The third-order valence-corrected chi connectivity index (χ3v) is 6.15. The van der Waals surface area contributed by atoms with E-state index in [4.69, 9.17) is 5.84 Å². The quantitative estimate of drug-likeness (QED) is 0.596. The first kappa shape index (κ1) is 13.9. The number of aryl methyl sites for hydroxylation is 1. The standard InChI is InChI=1S/C9H16BrN5O2S/c1-15-8(9(10)13-14-15)7(12-11)6-4-2-3-5-18(6,16)17/h6-7,12H,2-5,11H2,1H3. The Bertz CT molecular complexity index is 510. The van der Waals surface area contributed by atoms with Crippen LogP contribution in [0.2, 0.25) is 0 Å². The highest BCUT2D eigenvalue weighted by Crippen LogP contribution is 2.32. The molecule has 0 saturated carbocycles. The lowest BCUT2D eigenvalue weighted by Gasteiger charge is -2.29. The van der Waals surface area contributed by atoms with E-state index in [0.29, 0.717) is 16.7 Å². The maximum absolute atomic E-state index is 12.1. The lowest BCUT2D eigenvalue weighted by atomic mass is 10.1. The molecule has 2 unspecified atom stereocenters. The van der Waals surface area contributed by atoms with Crippen molar-refractivity contribution in [1.29, 1.82) is 0 Å². The van der Waals surface area contributed by atoms with Crippen molar-refractivity contribution in [1.82, 2.24) is 20.4 Å². The van der Waals surface area contributed by atoms with Gasteiger partial charge in [0.2, 0.25) is 0 Å². The molecule has 0 radical (unpaired) electrons. The molecule has 0 aliphatic carbocycles. The fraction of sp³-hybridized carbons (Fsp3) is 0.778. The zero-order valence-corrected chi connectivity index (χ0v) is 12.4. The Morgan fingerprint density at radius 1 is 1.56 bits per heavy atom. The van der Waals surface area contributed by atoms with Gasteiger partial charge in [0.05, 0.1) is 22.7 Å². The van der Waals surface area contributed by atoms with Gasteiger partial charge in [0, 0.05) is 7.05 Å². The average molecular weight is 338 g/mol. The molecule has 1 aliphatic heterocycles. The summed E-state index contributed by atoms with van der Waals surface area (Å²) in [6.07, 6.45) is 2.22. The lowest BCUT2D eigenvalue weighted by Crippen LogP contribution is -2.44. The number of halogens is 1. The Morgan fingerprint density at radius 2 is 2.28 bits per heavy atom. The van der Waals surface area contributed by atoms with Crippen molar-refractivity contribution in [2.24, 2.45) is 12.9 Å². The van der Waals surface area contributed by atoms with Gasteiger partial charge in [-0.25, -0.2) is 18.5 Å². The number of hydrogen-bond acceptors (Lipinski definition) is 6. The molecule has 1 aromatic heterocycles. The molecule has 3 N–H and O–H groups in total. The minimum absolute atomic E-state index is 0.221. The van der Waals surface area contributed by atoms with Gasteiger partial charge >= 0.3 is 0 Å². The fourth-order valence-corrected chi connectivity index (χ4v) is 5.02. The van der Waals surface area contributed by atoms with Crippen molar-refractivity contribution in [3.05, 3.63) is 10.3 Å². The Labute approximate surface area is 114 Å². The van der Waals surface area contributed by atoms with E-state index in [-0.39, 0.29) is 5.75 Å². The predicted octanol–water partition coefficient (Wildman–Crippen LogP) is 0.0493. The molecule has 2 atom stereocenters. The molecule has 1 aromatic rings. The maximum Gasteiger partial charge on any atom is 0.155 e. The molecule has 7 nitrogen and oxygen atoms in total. The van der Waals surface area contributed by atoms with Gasteiger partial charge in [-0.1, -0.05) is 11.6 Å². The SMILES string of the molecule is Cn1nnc(Br)c1C(NN)C1CCCCS1(=O)=O. The van der Waals surface area contributed by atoms with E-state index >= 15 is 0 Å². The molecule has 1 aliphatic rings. The second-order valence-electron chi connectivity index (χ2n) is 4.43. The number of nitrogens with two attached hydrogens (primary N) is 1. The molecule has 0 bridgehead atoms. The summed E-state index contributed by atoms with van der Waals surface area (Å²) in [5.41, 5.74) is 3.26. The van der Waals surface area contributed by atoms with E-state index in [9.17, 15) is 8.42 Å². The molecule has 1 saturated heterocycles. The van der Waals surface area contributed by atoms with E-state index in [1.165, 1.54) is 0 Å². The van der Waals surface area contributed by atoms with Crippen LogP contribution in [0, 0.1) is 0 Å². The number of hydrazine groups is 1. The number of aromatic nitrogens is 3. The number of nitrogens with zero attached hydrogens (tertiary/aromatic N) is 3. The van der Waals surface area contributed by atoms with E-state index in [1.54, 1.807) is 11.7 Å². The van der Waals surface area contributed by atoms with E-state index in [2.05, 4.69) is 31.7 Å². The van der Waals surface area contributed by atoms with Crippen LogP contribution in [-0.4, -0.2) is 34.4 Å². The minimum Gasteiger partial charge on any atom is -0.271 e. The zero-order valence-electron chi connectivity index (χ0n) is 10.0. The smallest absolute Gasteiger partial charge is 0.155 e. The van der Waals surface area contributed by atoms with Crippen LogP contribution in [0.5, 0.6) is 0 Å². The number of hydrogen-bond donors (Lipinski definition) is 2. The summed E-state index contributed by atoms with van der Waals surface area (Å²) < 4.78 is 26.3. The molecular weight excluding hydrogens is 322 g/mol. The highest BCUT2D eigenvalue weighted by Gasteiger charge is 2.38. The second kappa shape index (κ2) is 5.24. The van der Waals surface area contributed by atoms with Gasteiger partial charge in [0.15, 0.2) is 14.4 Å². The van der Waals surface area contributed by atoms with Crippen LogP contribution in [0.15, 0.2) is 4.60 Å². The fourth-order valence-electron chi connectivity index (χ4n) is 2.38. The van der Waals surface area contributed by atoms with Crippen molar-refractivity contribution in [2.75, 3.05) is 5.75 Å². The summed E-state index contributed by atoms with van der Waals surface area (Å²) >= 11 is 3.28. The monoisotopic (exact) mass is 337 g/mol. The van der Waals surface area contributed by atoms with Gasteiger partial charge in [0.25, 0.3) is 0 Å². The lowest BCUT2D eigenvalue weighted by molar-refractivity contribution is 0.433. The maximum atomic E-state index is 12.1. The van der Waals surface area contributed by atoms with Gasteiger partial charge in [0.1, 0.15) is 0 Å². The van der Waals surface area contributed by atoms with Gasteiger partial charge in [-0.05, 0) is 28.8 Å². The van der Waals surface area contributed by atoms with Crippen LogP contribution in [-0.2, 0) is 16.9 Å². The van der Waals surface area contributed by atoms with Crippen LogP contribution in [0.1, 0.15) is 31.0 Å². The highest BCUT2D eigenvalue weighted by molar-refractivity contribution is 9.10. The van der Waals surface area contributed by atoms with E-state index in [1.807, 2.05) is 0 Å². The molecule has 18 heavy (non-hydrogen) atoms. The topological polar surface area (TPSA) is 103 Å². The normalized spacial score (nSPS) is 24.9. The first-order valence-corrected chi connectivity index (χ1v) is 8.21. The zero-order chi connectivity index (χ0) is 13.3. The first-order chi connectivity index (χ1) is 8.47. The second-order valence-corrected chi connectivity index (χ2v) is 7.53.